The summed E-state index contributed by atoms with van der Waals surface area (Å²) in [4.78, 5) is 16.6. The fourth-order valence-corrected chi connectivity index (χ4v) is 3.44. The number of halogens is 2. The van der Waals surface area contributed by atoms with Crippen LogP contribution in [0.15, 0.2) is 39.9 Å². The van der Waals surface area contributed by atoms with Crippen molar-refractivity contribution in [2.45, 2.75) is 19.5 Å². The number of ether oxygens (including phenoxy) is 2. The number of alkyl halides is 2. The number of hydrogen-bond donors (Lipinski definition) is 0. The fourth-order valence-electron chi connectivity index (χ4n) is 2.81. The van der Waals surface area contributed by atoms with E-state index in [1.165, 1.54) is 24.9 Å². The summed E-state index contributed by atoms with van der Waals surface area (Å²) in [5, 5.41) is 10.1. The predicted molar refractivity (Wildman–Crippen MR) is 90.6 cm³/mol. The third-order valence-electron chi connectivity index (χ3n) is 3.84. The Balaban J connectivity index is 2.69. The maximum Gasteiger partial charge on any atom is 0.387 e. The molecule has 1 unspecified atom stereocenters. The third-order valence-corrected chi connectivity index (χ3v) is 4.54. The summed E-state index contributed by atoms with van der Waals surface area (Å²) < 4.78 is 35.0. The van der Waals surface area contributed by atoms with Gasteiger partial charge in [0.15, 0.2) is 0 Å². The first-order chi connectivity index (χ1) is 11.9. The van der Waals surface area contributed by atoms with Gasteiger partial charge >= 0.3 is 12.6 Å². The molecule has 1 aliphatic rings. The number of esters is 1. The second-order valence-electron chi connectivity index (χ2n) is 5.18. The minimum atomic E-state index is -3.02. The Morgan fingerprint density at radius 2 is 2.08 bits per heavy atom. The van der Waals surface area contributed by atoms with Crippen LogP contribution in [0, 0.1) is 17.2 Å². The molecule has 0 radical (unpaired) electrons. The summed E-state index contributed by atoms with van der Waals surface area (Å²) >= 11 is 1.25. The van der Waals surface area contributed by atoms with Crippen molar-refractivity contribution >= 4 is 23.4 Å². The maximum absolute atomic E-state index is 12.8. The Bertz CT molecular complexity index is 771. The number of aliphatic imine (C=N–C) groups is 1. The molecule has 0 aromatic heterocycles. The summed E-state index contributed by atoms with van der Waals surface area (Å²) in [6.45, 7) is -1.37. The third kappa shape index (κ3) is 3.82. The lowest BCUT2D eigenvalue weighted by molar-refractivity contribution is -0.143. The van der Waals surface area contributed by atoms with Crippen LogP contribution in [0.4, 0.5) is 8.78 Å². The summed E-state index contributed by atoms with van der Waals surface area (Å²) in [5.41, 5.74) is 0.987. The Morgan fingerprint density at radius 3 is 2.64 bits per heavy atom. The van der Waals surface area contributed by atoms with Crippen molar-refractivity contribution in [2.24, 2.45) is 10.9 Å². The number of para-hydroxylation sites is 1. The molecule has 0 saturated heterocycles. The lowest BCUT2D eigenvalue weighted by Crippen LogP contribution is -2.33. The van der Waals surface area contributed by atoms with Crippen LogP contribution < -0.4 is 4.74 Å². The molecule has 0 N–H and O–H groups in total. The number of methoxy groups -OCH3 is 1. The molecule has 8 heteroatoms. The van der Waals surface area contributed by atoms with Crippen LogP contribution in [0.25, 0.3) is 0 Å². The van der Waals surface area contributed by atoms with E-state index in [9.17, 15) is 18.8 Å². The number of allylic oxidation sites excluding steroid dienone is 1. The van der Waals surface area contributed by atoms with Crippen molar-refractivity contribution in [1.29, 1.82) is 5.26 Å². The minimum Gasteiger partial charge on any atom is -0.468 e. The van der Waals surface area contributed by atoms with Gasteiger partial charge in [-0.3, -0.25) is 4.79 Å². The molecule has 132 valence electrons. The van der Waals surface area contributed by atoms with Gasteiger partial charge in [0, 0.05) is 17.2 Å². The molecule has 5 nitrogen and oxygen atoms in total. The van der Waals surface area contributed by atoms with Gasteiger partial charge in [0.2, 0.25) is 0 Å². The van der Waals surface area contributed by atoms with Crippen molar-refractivity contribution in [3.05, 3.63) is 40.4 Å². The second-order valence-corrected chi connectivity index (χ2v) is 5.98. The van der Waals surface area contributed by atoms with Crippen LogP contribution >= 0.6 is 11.8 Å². The van der Waals surface area contributed by atoms with Gasteiger partial charge in [0.05, 0.1) is 18.8 Å². The average Bonchev–Trinajstić information content (AvgIpc) is 2.60. The number of benzene rings is 1. The molecular weight excluding hydrogens is 350 g/mol. The molecule has 1 aliphatic heterocycles. The molecule has 2 rings (SSSR count). The topological polar surface area (TPSA) is 71.7 Å². The second kappa shape index (κ2) is 8.12. The molecule has 25 heavy (non-hydrogen) atoms. The van der Waals surface area contributed by atoms with Gasteiger partial charge in [-0.2, -0.15) is 14.0 Å². The van der Waals surface area contributed by atoms with E-state index in [-0.39, 0.29) is 11.3 Å². The number of nitrogens with zero attached hydrogens (tertiary/aromatic N) is 2. The van der Waals surface area contributed by atoms with E-state index in [2.05, 4.69) is 15.8 Å². The van der Waals surface area contributed by atoms with Gasteiger partial charge in [-0.05, 0) is 19.2 Å². The summed E-state index contributed by atoms with van der Waals surface area (Å²) in [5.74, 6) is -2.38. The van der Waals surface area contributed by atoms with Crippen molar-refractivity contribution < 1.29 is 23.0 Å². The van der Waals surface area contributed by atoms with Crippen LogP contribution in [-0.2, 0) is 9.53 Å². The number of carbonyl (C=O) groups is 1. The van der Waals surface area contributed by atoms with Crippen LogP contribution in [-0.4, -0.2) is 31.7 Å². The van der Waals surface area contributed by atoms with Gasteiger partial charge < -0.3 is 9.47 Å². The summed E-state index contributed by atoms with van der Waals surface area (Å²) in [7, 11) is 1.23. The molecule has 0 fully saturated rings. The quantitative estimate of drug-likeness (QED) is 0.743. The maximum atomic E-state index is 12.8. The van der Waals surface area contributed by atoms with E-state index in [1.807, 2.05) is 0 Å². The normalized spacial score (nSPS) is 20.1. The molecule has 1 aromatic carbocycles. The minimum absolute atomic E-state index is 0.0840. The Morgan fingerprint density at radius 1 is 1.40 bits per heavy atom. The Kier molecular flexibility index (Phi) is 6.15. The smallest absolute Gasteiger partial charge is 0.387 e. The number of rotatable bonds is 5. The number of thioether (sulfide) groups is 1. The first-order valence-electron chi connectivity index (χ1n) is 7.29. The van der Waals surface area contributed by atoms with Gasteiger partial charge in [-0.1, -0.05) is 18.2 Å². The molecular formula is C17H16F2N2O3S. The van der Waals surface area contributed by atoms with E-state index >= 15 is 0 Å². The number of hydrogen-bond acceptors (Lipinski definition) is 6. The highest BCUT2D eigenvalue weighted by molar-refractivity contribution is 8.02. The summed E-state index contributed by atoms with van der Waals surface area (Å²) in [6.07, 6.45) is 1.75. The highest BCUT2D eigenvalue weighted by atomic mass is 32.2. The van der Waals surface area contributed by atoms with E-state index in [0.717, 1.165) is 0 Å². The van der Waals surface area contributed by atoms with E-state index in [4.69, 9.17) is 4.74 Å². The lowest BCUT2D eigenvalue weighted by atomic mass is 9.77. The first-order valence-corrected chi connectivity index (χ1v) is 8.52. The van der Waals surface area contributed by atoms with Crippen molar-refractivity contribution in [3.63, 3.8) is 0 Å². The molecule has 1 heterocycles. The first kappa shape index (κ1) is 18.9. The largest absolute Gasteiger partial charge is 0.468 e. The predicted octanol–water partition coefficient (Wildman–Crippen LogP) is 3.73. The van der Waals surface area contributed by atoms with E-state index in [1.54, 1.807) is 31.4 Å². The van der Waals surface area contributed by atoms with Gasteiger partial charge in [-0.25, -0.2) is 4.99 Å². The molecule has 0 bridgehead atoms. The molecule has 2 atom stereocenters. The number of nitriles is 1. The SMILES string of the molecule is COC(=O)C1C(C)=NC(SC)=C(C#N)[C@@H]1c1ccccc1OC(F)F. The lowest BCUT2D eigenvalue weighted by Gasteiger charge is -2.30. The molecule has 1 aromatic rings. The average molecular weight is 366 g/mol. The summed E-state index contributed by atoms with van der Waals surface area (Å²) in [6, 6.07) is 8.19. The number of carbonyl (C=O) groups excluding carboxylic acids is 1. The Labute approximate surface area is 148 Å². The van der Waals surface area contributed by atoms with Crippen molar-refractivity contribution in [2.75, 3.05) is 13.4 Å². The molecule has 0 saturated carbocycles. The zero-order chi connectivity index (χ0) is 18.6. The molecule has 0 aliphatic carbocycles. The fraction of sp³-hybridized carbons (Fsp3) is 0.353. The zero-order valence-corrected chi connectivity index (χ0v) is 14.6. The highest BCUT2D eigenvalue weighted by Gasteiger charge is 2.41. The molecule has 0 spiro atoms. The van der Waals surface area contributed by atoms with Crippen molar-refractivity contribution in [1.82, 2.24) is 0 Å². The van der Waals surface area contributed by atoms with Crippen LogP contribution in [0.5, 0.6) is 5.75 Å². The van der Waals surface area contributed by atoms with Gasteiger partial charge in [-0.15, -0.1) is 11.8 Å². The van der Waals surface area contributed by atoms with E-state index < -0.39 is 24.4 Å². The van der Waals surface area contributed by atoms with Gasteiger partial charge in [0.1, 0.15) is 16.7 Å². The monoisotopic (exact) mass is 366 g/mol. The Hall–Kier alpha value is -2.40. The van der Waals surface area contributed by atoms with Crippen LogP contribution in [0.3, 0.4) is 0 Å². The molecule has 0 amide bonds. The van der Waals surface area contributed by atoms with Crippen LogP contribution in [0.2, 0.25) is 0 Å². The standard InChI is InChI=1S/C17H16F2N2O3S/c1-9-13(16(22)23-2)14(11(8-20)15(21-9)25-3)10-6-4-5-7-12(10)24-17(18)19/h4-7,13-14,17H,1-3H3/t13?,14-/m0/s1. The van der Waals surface area contributed by atoms with Crippen molar-refractivity contribution in [3.8, 4) is 11.8 Å². The van der Waals surface area contributed by atoms with E-state index in [0.29, 0.717) is 16.3 Å². The van der Waals surface area contributed by atoms with Gasteiger partial charge in [0.25, 0.3) is 0 Å². The highest BCUT2D eigenvalue weighted by Crippen LogP contribution is 2.44. The zero-order valence-electron chi connectivity index (χ0n) is 13.8. The van der Waals surface area contributed by atoms with Crippen LogP contribution in [0.1, 0.15) is 18.4 Å².